The van der Waals surface area contributed by atoms with E-state index in [4.69, 9.17) is 51.3 Å². The first kappa shape index (κ1) is 116. The molecule has 17 heterocycles. The largest absolute Gasteiger partial charge is 1.00 e. The molecule has 0 atom stereocenters. The van der Waals surface area contributed by atoms with Crippen LogP contribution in [-0.4, -0.2) is 140 Å². The van der Waals surface area contributed by atoms with Crippen molar-refractivity contribution in [2.75, 3.05) is 20.5 Å². The molecule has 145 heavy (non-hydrogen) atoms. The Hall–Kier alpha value is -12.2. The van der Waals surface area contributed by atoms with E-state index in [2.05, 4.69) is 195 Å². The van der Waals surface area contributed by atoms with Crippen molar-refractivity contribution >= 4 is 212 Å². The summed E-state index contributed by atoms with van der Waals surface area (Å²) in [6.07, 6.45) is 26.7. The van der Waals surface area contributed by atoms with E-state index in [1.54, 1.807) is 136 Å². The summed E-state index contributed by atoms with van der Waals surface area (Å²) in [5.41, 5.74) is 14.2. The Kier molecular flexibility index (Phi) is 47.7. The number of alkyl halides is 1. The van der Waals surface area contributed by atoms with Gasteiger partial charge in [-0.05, 0) is 305 Å². The number of amides is 2. The SMILES string of the molecule is CCI.CCn1cc(-c2ccc(Cl)nc2)ccc1=O.CCn1cc(-c2ccc(NN)nc2)ccc1=O.CCn1cc(-c2ccc3n[nH]c(=S)n3c2)ccc1=O.CCn1cc(-c2ccc3nnc(Sc4ccc5nc(NC(=O)C6CC6)cn5n4)n3c2)ccc1=O.CCn1cc(Br)ccc1=O.NN.O=C(Nc1cn2nc(I)ccc2n1)C1CC1.O=c1ccc(Br)c[nH]1.OB(O)c1ccc(Cl)nc1.S=C=Nc1ccccc1.[H-].[Na+]. The van der Waals surface area contributed by atoms with Crippen LogP contribution < -0.4 is 102 Å². The molecule has 0 saturated heterocycles. The molecular formula is C96H98BBr2Cl2I2N28NaO10S3. The minimum absolute atomic E-state index is 0. The maximum Gasteiger partial charge on any atom is 1.00 e. The minimum atomic E-state index is -1.47. The zero-order valence-corrected chi connectivity index (χ0v) is 92.5. The Morgan fingerprint density at radius 1 is 0.517 bits per heavy atom. The number of nitrogens with one attached hydrogen (secondary N) is 5. The zero-order chi connectivity index (χ0) is 104. The first-order chi connectivity index (χ1) is 69.5. The number of nitrogens with zero attached hydrogens (tertiary/aromatic N) is 20. The summed E-state index contributed by atoms with van der Waals surface area (Å²) < 4.78 is 19.8. The third-order valence-corrected chi connectivity index (χ3v) is 23.5. The normalized spacial score (nSPS) is 11.2. The van der Waals surface area contributed by atoms with Gasteiger partial charge >= 0.3 is 36.7 Å². The molecule has 38 nitrogen and oxygen atoms in total. The number of isothiocyanates is 1. The van der Waals surface area contributed by atoms with Crippen molar-refractivity contribution < 1.29 is 50.6 Å². The first-order valence-electron chi connectivity index (χ1n) is 44.2. The predicted octanol–water partition coefficient (Wildman–Crippen LogP) is 12.8. The van der Waals surface area contributed by atoms with E-state index in [-0.39, 0.29) is 88.0 Å². The van der Waals surface area contributed by atoms with Gasteiger partial charge in [0.1, 0.15) is 24.9 Å². The van der Waals surface area contributed by atoms with Gasteiger partial charge in [-0.15, -0.1) is 10.2 Å². The number of para-hydroxylation sites is 1. The Morgan fingerprint density at radius 2 is 0.945 bits per heavy atom. The van der Waals surface area contributed by atoms with E-state index in [1.165, 1.54) is 40.6 Å². The molecule has 18 aromatic rings. The van der Waals surface area contributed by atoms with Crippen molar-refractivity contribution in [3.63, 3.8) is 0 Å². The predicted molar refractivity (Wildman–Crippen MR) is 595 cm³/mol. The average molecular weight is 2420 g/mol. The summed E-state index contributed by atoms with van der Waals surface area (Å²) in [4.78, 5) is 118. The summed E-state index contributed by atoms with van der Waals surface area (Å²) in [5, 5.41) is 51.6. The number of imidazole rings is 2. The number of hydrogen-bond donors (Lipinski definition) is 10. The number of hydrogen-bond acceptors (Lipinski definition) is 28. The summed E-state index contributed by atoms with van der Waals surface area (Å²) in [5.74, 6) is 15.3. The fourth-order valence-corrected chi connectivity index (χ4v) is 14.9. The standard InChI is InChI=1S/C23H20N8O2S.C13H12N4OS.C12H11ClN2O.C12H14N4O.C10H9IN4O.C7H8BrNO.C7H5NS.C5H5BClNO2.C5H4BrNO.C2H5I.H4N2.Na.H/c1-2-29-11-15(6-10-21(29)32)16-5-7-19-26-27-23(30(19)12-16)34-20-9-8-18-24-17(13-31(18)28-20)25-22(33)14-3-4-14;1-2-16-7-9(4-6-12(16)18)10-3-5-11-14-15-13(19)17(11)8-10;1-2-15-8-10(4-6-12(15)16)9-3-5-11(13)14-7-9;1-2-16-8-10(4-6-12(16)17)9-3-5-11(15-13)14-7-9;11-7-3-4-9-12-8(5-15(9)14-7)13-10(16)6-1-2-6;1-2-9-5-6(8)3-4-7(9)10;9-6-8-7-4-2-1-3-5-7;7-5-2-1-4(3-8-5)6(9)10;6-4-1-2-5(8)7-3-4;1-2-3;1-2;;/h5-14H,2-4H2,1H3,(H,25,33);3-8H,2H2,1H3,(H,15,19);3-8H,2H2,1H3;3-8H,2,13H2,1H3,(H,14,15);3-6H,1-2H2,(H,13,16);3-5H,2H2,1H3;1-5H;1-3,9-10H;1-3H,(H,7,8);2H2,1H3;1-2H2;;/q;;;;;;;;;;;+1;-1. The summed E-state index contributed by atoms with van der Waals surface area (Å²) in [6.45, 7) is 15.1. The number of H-pyrrole nitrogens is 2. The van der Waals surface area contributed by atoms with Crippen LogP contribution in [0.25, 0.3) is 67.1 Å². The maximum absolute atomic E-state index is 12.0. The van der Waals surface area contributed by atoms with Gasteiger partial charge in [0.25, 0.3) is 27.8 Å². The van der Waals surface area contributed by atoms with Crippen LogP contribution in [0.1, 0.15) is 68.7 Å². The number of rotatable bonds is 18. The maximum atomic E-state index is 12.0. The van der Waals surface area contributed by atoms with Crippen molar-refractivity contribution in [3.8, 4) is 44.5 Å². The molecule has 20 rings (SSSR count). The number of aryl methyl sites for hydroxylation is 5. The summed E-state index contributed by atoms with van der Waals surface area (Å²) in [7, 11) is -1.47. The fourth-order valence-electron chi connectivity index (χ4n) is 12.6. The van der Waals surface area contributed by atoms with Gasteiger partial charge in [-0.3, -0.25) is 63.9 Å². The smallest absolute Gasteiger partial charge is 1.00 e. The quantitative estimate of drug-likeness (QED) is 0.00557. The number of aromatic amines is 2. The van der Waals surface area contributed by atoms with Gasteiger partial charge in [0.05, 0.1) is 23.2 Å². The van der Waals surface area contributed by atoms with E-state index in [0.29, 0.717) is 85.6 Å². The Balaban J connectivity index is 0.000000206. The number of aliphatic imine (C=N–C) groups is 1. The Labute approximate surface area is 922 Å². The number of nitrogen functional groups attached to an aromatic ring is 1. The molecule has 0 aliphatic heterocycles. The topological polar surface area (TPSA) is 506 Å². The molecule has 746 valence electrons. The second kappa shape index (κ2) is 59.4. The van der Waals surface area contributed by atoms with Gasteiger partial charge in [-0.2, -0.15) is 20.3 Å². The number of benzene rings is 1. The molecule has 17 aromatic heterocycles. The molecule has 49 heteroatoms. The number of nitrogens with two attached hydrogens (primary N) is 3. The number of hydrazine groups is 2. The molecule has 0 bridgehead atoms. The number of aromatic nitrogens is 21. The Bertz CT molecular complexity index is 7840. The molecule has 0 spiro atoms. The van der Waals surface area contributed by atoms with Crippen LogP contribution in [0.3, 0.4) is 0 Å². The van der Waals surface area contributed by atoms with Gasteiger partial charge in [0.15, 0.2) is 39.0 Å². The van der Waals surface area contributed by atoms with Crippen molar-refractivity contribution in [3.05, 3.63) is 358 Å². The van der Waals surface area contributed by atoms with Crippen LogP contribution in [0.15, 0.2) is 322 Å². The van der Waals surface area contributed by atoms with Gasteiger partial charge in [-0.1, -0.05) is 77.0 Å². The number of halogens is 6. The summed E-state index contributed by atoms with van der Waals surface area (Å²) in [6, 6.07) is 55.0. The van der Waals surface area contributed by atoms with Crippen LogP contribution in [0.2, 0.25) is 10.3 Å². The number of pyridine rings is 11. The minimum Gasteiger partial charge on any atom is -1.00 e. The molecule has 13 N–H and O–H groups in total. The summed E-state index contributed by atoms with van der Waals surface area (Å²) >= 11 is 33.0. The van der Waals surface area contributed by atoms with E-state index in [9.17, 15) is 38.4 Å². The molecule has 2 aliphatic rings. The molecule has 1 aromatic carbocycles. The van der Waals surface area contributed by atoms with Crippen LogP contribution in [-0.2, 0) is 42.3 Å². The monoisotopic (exact) mass is 2410 g/mol. The third kappa shape index (κ3) is 36.2. The molecule has 0 radical (unpaired) electrons. The van der Waals surface area contributed by atoms with Crippen molar-refractivity contribution in [1.29, 1.82) is 0 Å². The second-order valence-electron chi connectivity index (χ2n) is 30.2. The van der Waals surface area contributed by atoms with Gasteiger partial charge < -0.3 is 55.4 Å². The van der Waals surface area contributed by atoms with E-state index in [0.717, 1.165) is 106 Å². The van der Waals surface area contributed by atoms with Crippen molar-refractivity contribution in [2.45, 2.75) is 110 Å². The molecule has 2 aliphatic carbocycles. The van der Waals surface area contributed by atoms with E-state index >= 15 is 0 Å². The Morgan fingerprint density at radius 3 is 1.38 bits per heavy atom. The van der Waals surface area contributed by atoms with Crippen LogP contribution in [0.5, 0.6) is 0 Å². The first-order valence-corrected chi connectivity index (χ1v) is 50.8. The molecule has 2 saturated carbocycles. The number of fused-ring (bicyclic) bond motifs is 4. The third-order valence-electron chi connectivity index (χ3n) is 20.2. The zero-order valence-electron chi connectivity index (χ0n) is 80.0. The molecular weight excluding hydrogens is 2320 g/mol. The van der Waals surface area contributed by atoms with Gasteiger partial charge in [0, 0.05) is 186 Å². The van der Waals surface area contributed by atoms with E-state index in [1.807, 2.05) is 184 Å². The van der Waals surface area contributed by atoms with Crippen LogP contribution in [0.4, 0.5) is 23.1 Å². The molecule has 0 unspecified atom stereocenters. The number of anilines is 3. The second-order valence-corrected chi connectivity index (χ2v) is 37.0. The van der Waals surface area contributed by atoms with Crippen molar-refractivity contribution in [2.24, 2.45) is 34.4 Å². The van der Waals surface area contributed by atoms with Crippen LogP contribution in [0, 0.1) is 20.3 Å². The van der Waals surface area contributed by atoms with Gasteiger partial charge in [0.2, 0.25) is 22.5 Å². The average Bonchev–Trinajstić information content (AvgIpc) is 1.62. The van der Waals surface area contributed by atoms with Crippen molar-refractivity contribution in [1.82, 2.24) is 101 Å². The van der Waals surface area contributed by atoms with E-state index < -0.39 is 7.12 Å². The number of carbonyl (C=O) groups is 2. The fraction of sp³-hybridized carbons (Fsp3) is 0.188. The van der Waals surface area contributed by atoms with Gasteiger partial charge in [-0.25, -0.2) is 39.8 Å². The van der Waals surface area contributed by atoms with Crippen LogP contribution >= 0.6 is 136 Å². The number of carbonyl (C=O) groups excluding carboxylic acids is 2. The number of thiocarbonyl (C=S) groups is 1. The molecule has 2 amide bonds. The molecule has 2 fully saturated rings.